The molecule has 0 bridgehead atoms. The summed E-state index contributed by atoms with van der Waals surface area (Å²) < 4.78 is 25.1. The number of nitrogens with one attached hydrogen (secondary N) is 1. The van der Waals surface area contributed by atoms with E-state index in [4.69, 9.17) is 21.7 Å². The molecule has 1 aromatic carbocycles. The Morgan fingerprint density at radius 2 is 1.97 bits per heavy atom. The van der Waals surface area contributed by atoms with E-state index < -0.39 is 17.9 Å². The summed E-state index contributed by atoms with van der Waals surface area (Å²) in [5.41, 5.74) is 0.843. The SMILES string of the molecule is CC(=O)OCC(=O)N1CCN(c2ccc(N3C[C@H](CNC(=S)C4CC4)OC3=O)cc2F)CC1. The fourth-order valence-electron chi connectivity index (χ4n) is 3.91. The molecule has 2 aliphatic heterocycles. The standard InChI is InChI=1S/C22H27FN4O5S/c1-14(28)31-13-20(29)26-8-6-25(7-9-26)19-5-4-16(10-18(19)23)27-12-17(32-22(27)30)11-24-21(33)15-2-3-15/h4-5,10,15,17H,2-3,6-9,11-13H2,1H3,(H,24,33)/t17-/m0/s1. The van der Waals surface area contributed by atoms with Gasteiger partial charge in [0.05, 0.1) is 29.5 Å². The number of benzene rings is 1. The number of rotatable bonds is 7. The van der Waals surface area contributed by atoms with Crippen LogP contribution in [-0.2, 0) is 19.1 Å². The number of thiocarbonyl (C=S) groups is 1. The van der Waals surface area contributed by atoms with Crippen molar-refractivity contribution in [3.05, 3.63) is 24.0 Å². The van der Waals surface area contributed by atoms with Crippen molar-refractivity contribution >= 4 is 46.6 Å². The lowest BCUT2D eigenvalue weighted by Crippen LogP contribution is -2.50. The topological polar surface area (TPSA) is 91.4 Å². The molecule has 1 aliphatic carbocycles. The van der Waals surface area contributed by atoms with Crippen LogP contribution in [0, 0.1) is 11.7 Å². The number of hydrogen-bond acceptors (Lipinski definition) is 7. The third-order valence-electron chi connectivity index (χ3n) is 5.94. The van der Waals surface area contributed by atoms with Crippen LogP contribution in [0.3, 0.4) is 0 Å². The number of nitrogens with zero attached hydrogens (tertiary/aromatic N) is 3. The van der Waals surface area contributed by atoms with Gasteiger partial charge in [0.1, 0.15) is 11.9 Å². The highest BCUT2D eigenvalue weighted by Crippen LogP contribution is 2.30. The van der Waals surface area contributed by atoms with Crippen LogP contribution in [0.5, 0.6) is 0 Å². The van der Waals surface area contributed by atoms with Gasteiger partial charge in [-0.15, -0.1) is 0 Å². The number of carbonyl (C=O) groups is 3. The molecule has 1 aromatic rings. The van der Waals surface area contributed by atoms with Crippen molar-refractivity contribution in [1.29, 1.82) is 0 Å². The molecule has 0 radical (unpaired) electrons. The minimum absolute atomic E-state index is 0.268. The van der Waals surface area contributed by atoms with Crippen LogP contribution >= 0.6 is 12.2 Å². The Balaban J connectivity index is 1.31. The highest BCUT2D eigenvalue weighted by molar-refractivity contribution is 7.80. The molecule has 0 spiro atoms. The number of hydrogen-bond donors (Lipinski definition) is 1. The Morgan fingerprint density at radius 1 is 1.24 bits per heavy atom. The van der Waals surface area contributed by atoms with Gasteiger partial charge < -0.3 is 24.6 Å². The fraction of sp³-hybridized carbons (Fsp3) is 0.545. The predicted octanol–water partition coefficient (Wildman–Crippen LogP) is 1.69. The summed E-state index contributed by atoms with van der Waals surface area (Å²) in [6.45, 7) is 3.42. The first-order chi connectivity index (χ1) is 15.8. The zero-order valence-electron chi connectivity index (χ0n) is 18.4. The van der Waals surface area contributed by atoms with Crippen LogP contribution in [0.4, 0.5) is 20.6 Å². The van der Waals surface area contributed by atoms with Crippen molar-refractivity contribution in [3.8, 4) is 0 Å². The number of halogens is 1. The molecule has 2 amide bonds. The largest absolute Gasteiger partial charge is 0.456 e. The van der Waals surface area contributed by atoms with E-state index in [1.165, 1.54) is 17.9 Å². The van der Waals surface area contributed by atoms with Crippen molar-refractivity contribution in [2.45, 2.75) is 25.9 Å². The van der Waals surface area contributed by atoms with Crippen molar-refractivity contribution in [1.82, 2.24) is 10.2 Å². The van der Waals surface area contributed by atoms with Gasteiger partial charge in [0.2, 0.25) is 0 Å². The van der Waals surface area contributed by atoms with Gasteiger partial charge in [-0.2, -0.15) is 0 Å². The number of amides is 2. The fourth-order valence-corrected chi connectivity index (χ4v) is 4.23. The zero-order chi connectivity index (χ0) is 23.5. The van der Waals surface area contributed by atoms with Crippen molar-refractivity contribution in [3.63, 3.8) is 0 Å². The Hall–Kier alpha value is -2.95. The van der Waals surface area contributed by atoms with Crippen molar-refractivity contribution < 1.29 is 28.2 Å². The molecule has 11 heteroatoms. The second kappa shape index (κ2) is 9.90. The maximum absolute atomic E-state index is 14.9. The van der Waals surface area contributed by atoms with Crippen LogP contribution in [0.1, 0.15) is 19.8 Å². The number of piperazine rings is 1. The van der Waals surface area contributed by atoms with E-state index in [1.54, 1.807) is 17.0 Å². The first-order valence-corrected chi connectivity index (χ1v) is 11.4. The lowest BCUT2D eigenvalue weighted by molar-refractivity contribution is -0.150. The van der Waals surface area contributed by atoms with E-state index in [2.05, 4.69) is 5.32 Å². The molecular formula is C22H27FN4O5S. The first-order valence-electron chi connectivity index (χ1n) is 11.0. The lowest BCUT2D eigenvalue weighted by atomic mass is 10.2. The average molecular weight is 479 g/mol. The Labute approximate surface area is 196 Å². The number of ether oxygens (including phenoxy) is 2. The molecule has 178 valence electrons. The maximum atomic E-state index is 14.9. The molecule has 9 nitrogen and oxygen atoms in total. The number of cyclic esters (lactones) is 1. The van der Waals surface area contributed by atoms with E-state index >= 15 is 0 Å². The van der Waals surface area contributed by atoms with Gasteiger partial charge in [-0.3, -0.25) is 14.5 Å². The molecule has 1 saturated carbocycles. The van der Waals surface area contributed by atoms with Gasteiger partial charge in [0.25, 0.3) is 5.91 Å². The molecule has 3 aliphatic rings. The summed E-state index contributed by atoms with van der Waals surface area (Å²) >= 11 is 5.30. The molecule has 4 rings (SSSR count). The second-order valence-electron chi connectivity index (χ2n) is 8.42. The molecule has 0 unspecified atom stereocenters. The first kappa shape index (κ1) is 23.2. The molecule has 3 fully saturated rings. The van der Waals surface area contributed by atoms with Gasteiger partial charge in [0.15, 0.2) is 6.61 Å². The molecule has 2 heterocycles. The van der Waals surface area contributed by atoms with Gasteiger partial charge in [-0.25, -0.2) is 9.18 Å². The predicted molar refractivity (Wildman–Crippen MR) is 123 cm³/mol. The smallest absolute Gasteiger partial charge is 0.414 e. The summed E-state index contributed by atoms with van der Waals surface area (Å²) in [6.07, 6.45) is 1.35. The van der Waals surface area contributed by atoms with E-state index in [9.17, 15) is 18.8 Å². The normalized spacial score (nSPS) is 20.5. The number of carbonyl (C=O) groups excluding carboxylic acids is 3. The Kier molecular flexibility index (Phi) is 6.96. The van der Waals surface area contributed by atoms with Gasteiger partial charge in [0, 0.05) is 39.0 Å². The highest BCUT2D eigenvalue weighted by Gasteiger charge is 2.34. The van der Waals surface area contributed by atoms with Crippen LogP contribution in [-0.4, -0.2) is 79.8 Å². The molecule has 2 saturated heterocycles. The van der Waals surface area contributed by atoms with E-state index in [0.717, 1.165) is 17.8 Å². The third kappa shape index (κ3) is 5.70. The summed E-state index contributed by atoms with van der Waals surface area (Å²) in [5, 5.41) is 3.16. The second-order valence-corrected chi connectivity index (χ2v) is 8.86. The van der Waals surface area contributed by atoms with Crippen molar-refractivity contribution in [2.75, 3.05) is 55.7 Å². The van der Waals surface area contributed by atoms with Crippen LogP contribution in [0.2, 0.25) is 0 Å². The third-order valence-corrected chi connectivity index (χ3v) is 6.42. The lowest BCUT2D eigenvalue weighted by Gasteiger charge is -2.36. The summed E-state index contributed by atoms with van der Waals surface area (Å²) in [5.74, 6) is -0.773. The molecule has 1 atom stereocenters. The van der Waals surface area contributed by atoms with E-state index in [1.807, 2.05) is 4.90 Å². The Bertz CT molecular complexity index is 949. The monoisotopic (exact) mass is 478 g/mol. The van der Waals surface area contributed by atoms with Crippen molar-refractivity contribution in [2.24, 2.45) is 5.92 Å². The quantitative estimate of drug-likeness (QED) is 0.468. The van der Waals surface area contributed by atoms with Crippen LogP contribution < -0.4 is 15.1 Å². The summed E-state index contributed by atoms with van der Waals surface area (Å²) in [4.78, 5) is 40.9. The Morgan fingerprint density at radius 3 is 2.61 bits per heavy atom. The minimum Gasteiger partial charge on any atom is -0.456 e. The molecule has 0 aromatic heterocycles. The number of esters is 1. The number of anilines is 2. The van der Waals surface area contributed by atoms with Gasteiger partial charge in [-0.05, 0) is 31.0 Å². The molecule has 33 heavy (non-hydrogen) atoms. The maximum Gasteiger partial charge on any atom is 0.414 e. The molecular weight excluding hydrogens is 451 g/mol. The van der Waals surface area contributed by atoms with Gasteiger partial charge in [-0.1, -0.05) is 12.2 Å². The van der Waals surface area contributed by atoms with E-state index in [-0.39, 0.29) is 18.6 Å². The minimum atomic E-state index is -0.508. The van der Waals surface area contributed by atoms with Crippen LogP contribution in [0.25, 0.3) is 0 Å². The molecule has 1 N–H and O–H groups in total. The average Bonchev–Trinajstić information content (AvgIpc) is 3.58. The van der Waals surface area contributed by atoms with Gasteiger partial charge >= 0.3 is 12.1 Å². The summed E-state index contributed by atoms with van der Waals surface area (Å²) in [6, 6.07) is 4.67. The summed E-state index contributed by atoms with van der Waals surface area (Å²) in [7, 11) is 0. The highest BCUT2D eigenvalue weighted by atomic mass is 32.1. The van der Waals surface area contributed by atoms with Crippen LogP contribution in [0.15, 0.2) is 18.2 Å². The zero-order valence-corrected chi connectivity index (χ0v) is 19.2. The van der Waals surface area contributed by atoms with E-state index in [0.29, 0.717) is 56.6 Å².